The molecule has 1 aromatic heterocycles. The second kappa shape index (κ2) is 10.8. The molecule has 152 valence electrons. The molecule has 0 aliphatic carbocycles. The van der Waals surface area contributed by atoms with Crippen LogP contribution in [0.2, 0.25) is 0 Å². The molecule has 9 heteroatoms. The van der Waals surface area contributed by atoms with Crippen LogP contribution in [0.15, 0.2) is 17.4 Å². The van der Waals surface area contributed by atoms with Crippen LogP contribution in [-0.4, -0.2) is 95.8 Å². The van der Waals surface area contributed by atoms with Crippen molar-refractivity contribution < 1.29 is 4.79 Å². The van der Waals surface area contributed by atoms with Crippen molar-refractivity contribution in [2.45, 2.75) is 26.3 Å². The Bertz CT molecular complexity index is 619. The van der Waals surface area contributed by atoms with Crippen molar-refractivity contribution in [1.29, 1.82) is 0 Å². The number of hydrogen-bond donors (Lipinski definition) is 1. The van der Waals surface area contributed by atoms with Gasteiger partial charge in [-0.15, -0.1) is 24.0 Å². The SMILES string of the molecule is CN=C(NCCn1cc(C)cn1)N1CCN(CC(=O)N2CCCC2)CC1.I. The molecule has 3 rings (SSSR count). The van der Waals surface area contributed by atoms with Crippen molar-refractivity contribution in [3.8, 4) is 0 Å². The Morgan fingerprint density at radius 2 is 1.85 bits per heavy atom. The summed E-state index contributed by atoms with van der Waals surface area (Å²) in [7, 11) is 1.82. The summed E-state index contributed by atoms with van der Waals surface area (Å²) < 4.78 is 1.94. The number of halogens is 1. The molecular formula is C18H32IN7O. The van der Waals surface area contributed by atoms with Crippen molar-refractivity contribution in [2.24, 2.45) is 4.99 Å². The van der Waals surface area contributed by atoms with Crippen LogP contribution in [0.25, 0.3) is 0 Å². The van der Waals surface area contributed by atoms with E-state index in [4.69, 9.17) is 0 Å². The van der Waals surface area contributed by atoms with Gasteiger partial charge >= 0.3 is 0 Å². The Labute approximate surface area is 179 Å². The number of nitrogens with one attached hydrogen (secondary N) is 1. The van der Waals surface area contributed by atoms with E-state index in [0.29, 0.717) is 6.54 Å². The van der Waals surface area contributed by atoms with Gasteiger partial charge in [-0.05, 0) is 25.3 Å². The summed E-state index contributed by atoms with van der Waals surface area (Å²) in [5, 5.41) is 7.72. The molecule has 0 saturated carbocycles. The average molecular weight is 489 g/mol. The number of aliphatic imine (C=N–C) groups is 1. The van der Waals surface area contributed by atoms with E-state index in [-0.39, 0.29) is 29.9 Å². The number of piperazine rings is 1. The monoisotopic (exact) mass is 489 g/mol. The Hall–Kier alpha value is -1.36. The largest absolute Gasteiger partial charge is 0.354 e. The first-order chi connectivity index (χ1) is 12.7. The highest BCUT2D eigenvalue weighted by Crippen LogP contribution is 2.09. The molecule has 27 heavy (non-hydrogen) atoms. The van der Waals surface area contributed by atoms with Crippen LogP contribution in [0.1, 0.15) is 18.4 Å². The van der Waals surface area contributed by atoms with Crippen molar-refractivity contribution in [1.82, 2.24) is 29.8 Å². The number of hydrogen-bond acceptors (Lipinski definition) is 4. The number of rotatable bonds is 5. The van der Waals surface area contributed by atoms with Gasteiger partial charge in [0.1, 0.15) is 0 Å². The number of nitrogens with zero attached hydrogens (tertiary/aromatic N) is 6. The van der Waals surface area contributed by atoms with Gasteiger partial charge < -0.3 is 15.1 Å². The van der Waals surface area contributed by atoms with Crippen LogP contribution in [0.3, 0.4) is 0 Å². The molecule has 1 N–H and O–H groups in total. The van der Waals surface area contributed by atoms with Crippen molar-refractivity contribution in [2.75, 3.05) is 59.4 Å². The number of aryl methyl sites for hydroxylation is 1. The van der Waals surface area contributed by atoms with Gasteiger partial charge in [0.2, 0.25) is 5.91 Å². The van der Waals surface area contributed by atoms with E-state index >= 15 is 0 Å². The highest BCUT2D eigenvalue weighted by molar-refractivity contribution is 14.0. The summed E-state index contributed by atoms with van der Waals surface area (Å²) in [6.07, 6.45) is 6.22. The molecule has 0 aromatic carbocycles. The Morgan fingerprint density at radius 3 is 2.44 bits per heavy atom. The Balaban J connectivity index is 0.00000261. The van der Waals surface area contributed by atoms with Crippen molar-refractivity contribution >= 4 is 35.8 Å². The number of amides is 1. The van der Waals surface area contributed by atoms with Crippen LogP contribution in [-0.2, 0) is 11.3 Å². The van der Waals surface area contributed by atoms with Crippen LogP contribution >= 0.6 is 24.0 Å². The first-order valence-corrected chi connectivity index (χ1v) is 9.60. The van der Waals surface area contributed by atoms with Gasteiger partial charge in [0.15, 0.2) is 5.96 Å². The van der Waals surface area contributed by atoms with Crippen molar-refractivity contribution in [3.63, 3.8) is 0 Å². The van der Waals surface area contributed by atoms with Crippen LogP contribution in [0.5, 0.6) is 0 Å². The summed E-state index contributed by atoms with van der Waals surface area (Å²) in [5.41, 5.74) is 1.17. The zero-order chi connectivity index (χ0) is 18.4. The molecule has 0 spiro atoms. The fourth-order valence-corrected chi connectivity index (χ4v) is 3.58. The number of guanidine groups is 1. The third kappa shape index (κ3) is 6.34. The third-order valence-corrected chi connectivity index (χ3v) is 5.09. The highest BCUT2D eigenvalue weighted by atomic mass is 127. The molecule has 2 saturated heterocycles. The van der Waals surface area contributed by atoms with E-state index < -0.39 is 0 Å². The summed E-state index contributed by atoms with van der Waals surface area (Å²) in [6.45, 7) is 9.68. The normalized spacial score (nSPS) is 18.5. The maximum absolute atomic E-state index is 12.3. The van der Waals surface area contributed by atoms with E-state index in [1.54, 1.807) is 0 Å². The smallest absolute Gasteiger partial charge is 0.236 e. The van der Waals surface area contributed by atoms with Gasteiger partial charge in [-0.3, -0.25) is 19.4 Å². The summed E-state index contributed by atoms with van der Waals surface area (Å²) in [6, 6.07) is 0. The molecule has 2 aliphatic rings. The molecule has 1 aromatic rings. The lowest BCUT2D eigenvalue weighted by Gasteiger charge is -2.36. The molecule has 0 atom stereocenters. The predicted molar refractivity (Wildman–Crippen MR) is 118 cm³/mol. The minimum absolute atomic E-state index is 0. The molecule has 2 fully saturated rings. The quantitative estimate of drug-likeness (QED) is 0.374. The van der Waals surface area contributed by atoms with Gasteiger partial charge in [-0.2, -0.15) is 5.10 Å². The van der Waals surface area contributed by atoms with Crippen molar-refractivity contribution in [3.05, 3.63) is 18.0 Å². The van der Waals surface area contributed by atoms with Crippen LogP contribution in [0, 0.1) is 6.92 Å². The van der Waals surface area contributed by atoms with E-state index in [1.165, 1.54) is 5.56 Å². The minimum atomic E-state index is 0. The average Bonchev–Trinajstić information content (AvgIpc) is 3.31. The fourth-order valence-electron chi connectivity index (χ4n) is 3.58. The van der Waals surface area contributed by atoms with Gasteiger partial charge in [-0.25, -0.2) is 0 Å². The lowest BCUT2D eigenvalue weighted by Crippen LogP contribution is -2.54. The summed E-state index contributed by atoms with van der Waals surface area (Å²) in [5.74, 6) is 1.22. The fraction of sp³-hybridized carbons (Fsp3) is 0.722. The molecule has 0 bridgehead atoms. The van der Waals surface area contributed by atoms with Crippen LogP contribution in [0.4, 0.5) is 0 Å². The van der Waals surface area contributed by atoms with Gasteiger partial charge in [0.05, 0.1) is 19.3 Å². The van der Waals surface area contributed by atoms with Gasteiger partial charge in [0, 0.05) is 59.1 Å². The maximum atomic E-state index is 12.3. The first kappa shape index (κ1) is 21.9. The molecule has 1 amide bonds. The number of carbonyl (C=O) groups excluding carboxylic acids is 1. The molecule has 2 aliphatic heterocycles. The number of aromatic nitrogens is 2. The molecule has 0 radical (unpaired) electrons. The van der Waals surface area contributed by atoms with E-state index in [2.05, 4.69) is 25.2 Å². The number of carbonyl (C=O) groups is 1. The van der Waals surface area contributed by atoms with Crippen LogP contribution < -0.4 is 5.32 Å². The highest BCUT2D eigenvalue weighted by Gasteiger charge is 2.24. The van der Waals surface area contributed by atoms with Gasteiger partial charge in [0.25, 0.3) is 0 Å². The van der Waals surface area contributed by atoms with Gasteiger partial charge in [-0.1, -0.05) is 0 Å². The second-order valence-corrected chi connectivity index (χ2v) is 7.11. The summed E-state index contributed by atoms with van der Waals surface area (Å²) >= 11 is 0. The predicted octanol–water partition coefficient (Wildman–Crippen LogP) is 0.625. The van der Waals surface area contributed by atoms with E-state index in [9.17, 15) is 4.79 Å². The topological polar surface area (TPSA) is 69.0 Å². The number of likely N-dealkylation sites (tertiary alicyclic amines) is 1. The van der Waals surface area contributed by atoms with E-state index in [1.807, 2.05) is 35.9 Å². The zero-order valence-corrected chi connectivity index (χ0v) is 18.8. The Kier molecular flexibility index (Phi) is 8.81. The maximum Gasteiger partial charge on any atom is 0.236 e. The molecule has 8 nitrogen and oxygen atoms in total. The first-order valence-electron chi connectivity index (χ1n) is 9.60. The summed E-state index contributed by atoms with van der Waals surface area (Å²) in [4.78, 5) is 23.2. The standard InChI is InChI=1S/C18H31N7O.HI/c1-16-13-21-25(14-16)8-5-20-18(19-2)24-11-9-22(10-12-24)15-17(26)23-6-3-4-7-23;/h13-14H,3-12,15H2,1-2H3,(H,19,20);1H. The molecule has 3 heterocycles. The zero-order valence-electron chi connectivity index (χ0n) is 16.4. The molecule has 0 unspecified atom stereocenters. The lowest BCUT2D eigenvalue weighted by atomic mass is 10.3. The van der Waals surface area contributed by atoms with E-state index in [0.717, 1.165) is 71.2 Å². The third-order valence-electron chi connectivity index (χ3n) is 5.09. The Morgan fingerprint density at radius 1 is 1.15 bits per heavy atom. The second-order valence-electron chi connectivity index (χ2n) is 7.11. The lowest BCUT2D eigenvalue weighted by molar-refractivity contribution is -0.131. The molecular weight excluding hydrogens is 457 g/mol. The minimum Gasteiger partial charge on any atom is -0.354 e.